The number of carbonyl (C=O) groups is 1. The third-order valence-electron chi connectivity index (χ3n) is 2.69. The van der Waals surface area contributed by atoms with E-state index in [1.54, 1.807) is 6.07 Å². The van der Waals surface area contributed by atoms with Gasteiger partial charge in [-0.2, -0.15) is 0 Å². The predicted molar refractivity (Wildman–Crippen MR) is 57.7 cm³/mol. The third kappa shape index (κ3) is 2.76. The molecule has 1 aliphatic rings. The molecule has 0 radical (unpaired) electrons. The number of hydrogen-bond acceptors (Lipinski definition) is 4. The van der Waals surface area contributed by atoms with Gasteiger partial charge in [-0.3, -0.25) is 0 Å². The maximum atomic E-state index is 10.6. The number of anilines is 1. The van der Waals surface area contributed by atoms with Gasteiger partial charge in [0.15, 0.2) is 5.88 Å². The molecule has 1 unspecified atom stereocenters. The van der Waals surface area contributed by atoms with E-state index in [4.69, 9.17) is 14.3 Å². The highest BCUT2D eigenvalue weighted by Gasteiger charge is 2.15. The largest absolute Gasteiger partial charge is 0.475 e. The minimum atomic E-state index is -1.04. The summed E-state index contributed by atoms with van der Waals surface area (Å²) in [5.74, 6) is 0.0432. The number of carboxylic acid groups (broad SMARTS) is 1. The molecule has 0 spiro atoms. The Morgan fingerprint density at radius 1 is 1.56 bits per heavy atom. The average molecular weight is 225 g/mol. The number of aromatic carboxylic acids is 1. The first kappa shape index (κ1) is 11.0. The van der Waals surface area contributed by atoms with Crippen LogP contribution in [0.2, 0.25) is 0 Å². The van der Waals surface area contributed by atoms with E-state index in [0.29, 0.717) is 11.8 Å². The molecule has 2 N–H and O–H groups in total. The zero-order chi connectivity index (χ0) is 11.4. The van der Waals surface area contributed by atoms with Crippen LogP contribution in [0.25, 0.3) is 0 Å². The number of ether oxygens (including phenoxy) is 1. The normalized spacial score (nSPS) is 19.9. The van der Waals surface area contributed by atoms with Gasteiger partial charge in [-0.05, 0) is 24.8 Å². The van der Waals surface area contributed by atoms with Crippen molar-refractivity contribution in [1.82, 2.24) is 0 Å². The van der Waals surface area contributed by atoms with E-state index in [9.17, 15) is 4.79 Å². The van der Waals surface area contributed by atoms with E-state index in [1.165, 1.54) is 6.07 Å². The first-order valence-corrected chi connectivity index (χ1v) is 5.40. The molecular formula is C11H15NO4. The molecule has 5 heteroatoms. The Balaban J connectivity index is 1.74. The predicted octanol–water partition coefficient (Wildman–Crippen LogP) is 1.82. The van der Waals surface area contributed by atoms with E-state index in [2.05, 4.69) is 5.32 Å². The number of rotatable bonds is 5. The highest BCUT2D eigenvalue weighted by molar-refractivity contribution is 5.84. The number of furan rings is 1. The molecule has 1 fully saturated rings. The van der Waals surface area contributed by atoms with Crippen molar-refractivity contribution in [3.05, 3.63) is 17.9 Å². The van der Waals surface area contributed by atoms with Crippen LogP contribution in [0.4, 0.5) is 5.88 Å². The summed E-state index contributed by atoms with van der Waals surface area (Å²) in [7, 11) is 0. The maximum absolute atomic E-state index is 10.6. The van der Waals surface area contributed by atoms with Gasteiger partial charge in [-0.1, -0.05) is 0 Å². The smallest absolute Gasteiger partial charge is 0.371 e. The fourth-order valence-corrected chi connectivity index (χ4v) is 1.76. The van der Waals surface area contributed by atoms with Crippen LogP contribution >= 0.6 is 0 Å². The molecule has 1 aliphatic heterocycles. The summed E-state index contributed by atoms with van der Waals surface area (Å²) in [6.07, 6.45) is 2.13. The lowest BCUT2D eigenvalue weighted by atomic mass is 10.1. The molecular weight excluding hydrogens is 210 g/mol. The van der Waals surface area contributed by atoms with Crippen LogP contribution < -0.4 is 5.32 Å². The van der Waals surface area contributed by atoms with Crippen molar-refractivity contribution >= 4 is 11.9 Å². The molecule has 88 valence electrons. The van der Waals surface area contributed by atoms with Crippen LogP contribution in [0, 0.1) is 5.92 Å². The van der Waals surface area contributed by atoms with Gasteiger partial charge >= 0.3 is 5.97 Å². The van der Waals surface area contributed by atoms with Crippen LogP contribution in [0.15, 0.2) is 16.5 Å². The van der Waals surface area contributed by atoms with Crippen molar-refractivity contribution in [2.45, 2.75) is 12.8 Å². The summed E-state index contributed by atoms with van der Waals surface area (Å²) in [6.45, 7) is 2.47. The Labute approximate surface area is 93.4 Å². The maximum Gasteiger partial charge on any atom is 0.371 e. The van der Waals surface area contributed by atoms with Crippen LogP contribution in [0.5, 0.6) is 0 Å². The number of nitrogens with one attached hydrogen (secondary N) is 1. The molecule has 0 saturated carbocycles. The molecule has 0 aliphatic carbocycles. The SMILES string of the molecule is O=C(O)c1ccc(NCCC2CCOC2)o1. The molecule has 0 bridgehead atoms. The number of carboxylic acids is 1. The van der Waals surface area contributed by atoms with Crippen molar-refractivity contribution in [3.63, 3.8) is 0 Å². The standard InChI is InChI=1S/C11H15NO4/c13-11(14)9-1-2-10(16-9)12-5-3-8-4-6-15-7-8/h1-2,8,12H,3-7H2,(H,13,14). The fourth-order valence-electron chi connectivity index (χ4n) is 1.76. The van der Waals surface area contributed by atoms with E-state index >= 15 is 0 Å². The van der Waals surface area contributed by atoms with Crippen molar-refractivity contribution in [1.29, 1.82) is 0 Å². The van der Waals surface area contributed by atoms with Gasteiger partial charge < -0.3 is 19.6 Å². The highest BCUT2D eigenvalue weighted by atomic mass is 16.5. The quantitative estimate of drug-likeness (QED) is 0.799. The van der Waals surface area contributed by atoms with Gasteiger partial charge in [0.25, 0.3) is 0 Å². The van der Waals surface area contributed by atoms with Gasteiger partial charge in [0.2, 0.25) is 5.76 Å². The molecule has 0 aromatic carbocycles. The molecule has 0 amide bonds. The molecule has 5 nitrogen and oxygen atoms in total. The molecule has 2 rings (SSSR count). The van der Waals surface area contributed by atoms with Crippen LogP contribution in [-0.2, 0) is 4.74 Å². The van der Waals surface area contributed by atoms with Crippen LogP contribution in [0.1, 0.15) is 23.4 Å². The highest BCUT2D eigenvalue weighted by Crippen LogP contribution is 2.17. The van der Waals surface area contributed by atoms with Crippen molar-refractivity contribution in [2.24, 2.45) is 5.92 Å². The van der Waals surface area contributed by atoms with Gasteiger partial charge in [0.1, 0.15) is 0 Å². The summed E-state index contributed by atoms with van der Waals surface area (Å²) in [4.78, 5) is 10.6. The third-order valence-corrected chi connectivity index (χ3v) is 2.69. The zero-order valence-corrected chi connectivity index (χ0v) is 8.94. The Morgan fingerprint density at radius 2 is 2.44 bits per heavy atom. The van der Waals surface area contributed by atoms with Gasteiger partial charge in [0, 0.05) is 25.8 Å². The molecule has 1 aromatic rings. The second-order valence-electron chi connectivity index (χ2n) is 3.91. The lowest BCUT2D eigenvalue weighted by Gasteiger charge is -2.07. The van der Waals surface area contributed by atoms with E-state index in [-0.39, 0.29) is 5.76 Å². The van der Waals surface area contributed by atoms with Gasteiger partial charge in [-0.25, -0.2) is 4.79 Å². The Bertz CT molecular complexity index is 355. The van der Waals surface area contributed by atoms with Crippen molar-refractivity contribution in [2.75, 3.05) is 25.1 Å². The summed E-state index contributed by atoms with van der Waals surface area (Å²) >= 11 is 0. The Kier molecular flexibility index (Phi) is 3.46. The second-order valence-corrected chi connectivity index (χ2v) is 3.91. The summed E-state index contributed by atoms with van der Waals surface area (Å²) in [6, 6.07) is 3.08. The lowest BCUT2D eigenvalue weighted by molar-refractivity contribution is 0.0663. The minimum Gasteiger partial charge on any atom is -0.475 e. The lowest BCUT2D eigenvalue weighted by Crippen LogP contribution is -2.08. The van der Waals surface area contributed by atoms with E-state index < -0.39 is 5.97 Å². The van der Waals surface area contributed by atoms with E-state index in [1.807, 2.05) is 0 Å². The average Bonchev–Trinajstić information content (AvgIpc) is 2.87. The molecule has 1 atom stereocenters. The molecule has 16 heavy (non-hydrogen) atoms. The summed E-state index contributed by atoms with van der Waals surface area (Å²) in [5, 5.41) is 11.7. The van der Waals surface area contributed by atoms with E-state index in [0.717, 1.165) is 32.6 Å². The Morgan fingerprint density at radius 3 is 3.06 bits per heavy atom. The molecule has 1 saturated heterocycles. The fraction of sp³-hybridized carbons (Fsp3) is 0.545. The van der Waals surface area contributed by atoms with Crippen LogP contribution in [-0.4, -0.2) is 30.8 Å². The number of hydrogen-bond donors (Lipinski definition) is 2. The van der Waals surface area contributed by atoms with Gasteiger partial charge in [0.05, 0.1) is 0 Å². The minimum absolute atomic E-state index is 0.0355. The molecule has 1 aromatic heterocycles. The molecule has 2 heterocycles. The Hall–Kier alpha value is -1.49. The first-order chi connectivity index (χ1) is 7.75. The summed E-state index contributed by atoms with van der Waals surface area (Å²) < 4.78 is 10.3. The summed E-state index contributed by atoms with van der Waals surface area (Å²) in [5.41, 5.74) is 0. The van der Waals surface area contributed by atoms with Crippen molar-refractivity contribution < 1.29 is 19.1 Å². The first-order valence-electron chi connectivity index (χ1n) is 5.40. The topological polar surface area (TPSA) is 71.7 Å². The second kappa shape index (κ2) is 5.03. The van der Waals surface area contributed by atoms with Gasteiger partial charge in [-0.15, -0.1) is 0 Å². The van der Waals surface area contributed by atoms with Crippen LogP contribution in [0.3, 0.4) is 0 Å². The zero-order valence-electron chi connectivity index (χ0n) is 8.94. The monoisotopic (exact) mass is 225 g/mol. The van der Waals surface area contributed by atoms with Crippen molar-refractivity contribution in [3.8, 4) is 0 Å².